The summed E-state index contributed by atoms with van der Waals surface area (Å²) in [5, 5.41) is 10.3. The van der Waals surface area contributed by atoms with Crippen LogP contribution in [-0.2, 0) is 0 Å². The van der Waals surface area contributed by atoms with Gasteiger partial charge in [0, 0.05) is 0 Å². The van der Waals surface area contributed by atoms with Crippen LogP contribution in [0.3, 0.4) is 0 Å². The summed E-state index contributed by atoms with van der Waals surface area (Å²) < 4.78 is 0. The first-order valence-corrected chi connectivity index (χ1v) is 6.29. The molecule has 1 heteroatoms. The Bertz CT molecular complexity index is 202. The molecule has 1 aliphatic carbocycles. The zero-order chi connectivity index (χ0) is 11.9. The van der Waals surface area contributed by atoms with Gasteiger partial charge in [-0.2, -0.15) is 0 Å². The van der Waals surface area contributed by atoms with E-state index in [0.29, 0.717) is 17.3 Å². The zero-order valence-corrected chi connectivity index (χ0v) is 11.3. The Labute approximate surface area is 95.3 Å². The molecule has 1 saturated carbocycles. The Morgan fingerprint density at radius 2 is 1.53 bits per heavy atom. The molecule has 0 bridgehead atoms. The van der Waals surface area contributed by atoms with Crippen molar-refractivity contribution in [3.05, 3.63) is 0 Å². The lowest BCUT2D eigenvalue weighted by Crippen LogP contribution is -2.36. The first-order chi connectivity index (χ1) is 6.61. The van der Waals surface area contributed by atoms with Crippen molar-refractivity contribution in [2.24, 2.45) is 22.7 Å². The topological polar surface area (TPSA) is 20.2 Å². The van der Waals surface area contributed by atoms with E-state index in [1.54, 1.807) is 0 Å². The molecule has 1 fully saturated rings. The smallest absolute Gasteiger partial charge is 0.0601 e. The molecule has 2 atom stereocenters. The molecule has 0 aromatic heterocycles. The molecule has 1 aliphatic rings. The second-order valence-corrected chi connectivity index (χ2v) is 7.57. The minimum atomic E-state index is -0.0794. The van der Waals surface area contributed by atoms with E-state index >= 15 is 0 Å². The van der Waals surface area contributed by atoms with E-state index in [1.165, 1.54) is 12.8 Å². The normalized spacial score (nSPS) is 22.6. The molecule has 0 aromatic carbocycles. The molecule has 0 aromatic rings. The van der Waals surface area contributed by atoms with Gasteiger partial charge in [0.25, 0.3) is 0 Å². The summed E-state index contributed by atoms with van der Waals surface area (Å²) in [4.78, 5) is 0. The predicted molar refractivity (Wildman–Crippen MR) is 65.7 cm³/mol. The summed E-state index contributed by atoms with van der Waals surface area (Å²) in [6, 6.07) is 0. The molecule has 1 nitrogen and oxygen atoms in total. The molecule has 90 valence electrons. The maximum atomic E-state index is 10.3. The van der Waals surface area contributed by atoms with Crippen LogP contribution in [0.25, 0.3) is 0 Å². The standard InChI is InChI=1S/C14H28O/c1-13(2,3)9-11(14(4,5)6)12(15)10-7-8-10/h10-12,15H,7-9H2,1-6H3. The Kier molecular flexibility index (Phi) is 3.55. The van der Waals surface area contributed by atoms with Crippen LogP contribution in [0, 0.1) is 22.7 Å². The van der Waals surface area contributed by atoms with Crippen molar-refractivity contribution in [3.8, 4) is 0 Å². The maximum absolute atomic E-state index is 10.3. The third-order valence-electron chi connectivity index (χ3n) is 3.46. The van der Waals surface area contributed by atoms with Crippen LogP contribution in [0.5, 0.6) is 0 Å². The lowest BCUT2D eigenvalue weighted by atomic mass is 9.69. The molecule has 0 heterocycles. The quantitative estimate of drug-likeness (QED) is 0.753. The van der Waals surface area contributed by atoms with Gasteiger partial charge >= 0.3 is 0 Å². The summed E-state index contributed by atoms with van der Waals surface area (Å²) in [5.74, 6) is 1.03. The van der Waals surface area contributed by atoms with Gasteiger partial charge in [0.1, 0.15) is 0 Å². The van der Waals surface area contributed by atoms with Crippen molar-refractivity contribution >= 4 is 0 Å². The molecule has 0 spiro atoms. The van der Waals surface area contributed by atoms with Crippen molar-refractivity contribution < 1.29 is 5.11 Å². The van der Waals surface area contributed by atoms with Crippen LogP contribution in [0.4, 0.5) is 0 Å². The highest BCUT2D eigenvalue weighted by molar-refractivity contribution is 4.91. The highest BCUT2D eigenvalue weighted by atomic mass is 16.3. The van der Waals surface area contributed by atoms with E-state index < -0.39 is 0 Å². The summed E-state index contributed by atoms with van der Waals surface area (Å²) in [6.45, 7) is 13.6. The van der Waals surface area contributed by atoms with E-state index in [9.17, 15) is 5.11 Å². The molecule has 0 saturated heterocycles. The first-order valence-electron chi connectivity index (χ1n) is 6.29. The van der Waals surface area contributed by atoms with Gasteiger partial charge in [-0.3, -0.25) is 0 Å². The molecule has 1 N–H and O–H groups in total. The Hall–Kier alpha value is -0.0400. The van der Waals surface area contributed by atoms with E-state index in [0.717, 1.165) is 6.42 Å². The Balaban J connectivity index is 2.69. The Morgan fingerprint density at radius 1 is 1.07 bits per heavy atom. The van der Waals surface area contributed by atoms with Crippen molar-refractivity contribution in [2.45, 2.75) is 66.9 Å². The molecule has 1 rings (SSSR count). The second-order valence-electron chi connectivity index (χ2n) is 7.57. The summed E-state index contributed by atoms with van der Waals surface area (Å²) in [6.07, 6.45) is 3.51. The van der Waals surface area contributed by atoms with Gasteiger partial charge in [0.2, 0.25) is 0 Å². The fraction of sp³-hybridized carbons (Fsp3) is 1.00. The van der Waals surface area contributed by atoms with Crippen molar-refractivity contribution in [1.29, 1.82) is 0 Å². The number of hydrogen-bond acceptors (Lipinski definition) is 1. The summed E-state index contributed by atoms with van der Waals surface area (Å²) >= 11 is 0. The summed E-state index contributed by atoms with van der Waals surface area (Å²) in [7, 11) is 0. The van der Waals surface area contributed by atoms with Gasteiger partial charge in [-0.05, 0) is 41.9 Å². The van der Waals surface area contributed by atoms with E-state index in [2.05, 4.69) is 41.5 Å². The van der Waals surface area contributed by atoms with Crippen molar-refractivity contribution in [2.75, 3.05) is 0 Å². The van der Waals surface area contributed by atoms with Crippen LogP contribution in [-0.4, -0.2) is 11.2 Å². The van der Waals surface area contributed by atoms with Gasteiger partial charge in [-0.1, -0.05) is 41.5 Å². The number of aliphatic hydroxyl groups is 1. The Morgan fingerprint density at radius 3 is 1.80 bits per heavy atom. The number of rotatable bonds is 3. The van der Waals surface area contributed by atoms with Gasteiger partial charge in [0.15, 0.2) is 0 Å². The van der Waals surface area contributed by atoms with Crippen LogP contribution >= 0.6 is 0 Å². The molecule has 15 heavy (non-hydrogen) atoms. The lowest BCUT2D eigenvalue weighted by molar-refractivity contribution is 0.00332. The SMILES string of the molecule is CC(C)(C)CC(C(O)C1CC1)C(C)(C)C. The van der Waals surface area contributed by atoms with E-state index in [1.807, 2.05) is 0 Å². The average Bonchev–Trinajstić information content (AvgIpc) is 2.76. The van der Waals surface area contributed by atoms with E-state index in [4.69, 9.17) is 0 Å². The third-order valence-corrected chi connectivity index (χ3v) is 3.46. The van der Waals surface area contributed by atoms with Crippen LogP contribution < -0.4 is 0 Å². The number of hydrogen-bond donors (Lipinski definition) is 1. The number of aliphatic hydroxyl groups excluding tert-OH is 1. The maximum Gasteiger partial charge on any atom is 0.0601 e. The fourth-order valence-electron chi connectivity index (χ4n) is 2.37. The largest absolute Gasteiger partial charge is 0.393 e. The lowest BCUT2D eigenvalue weighted by Gasteiger charge is -2.39. The van der Waals surface area contributed by atoms with Gasteiger partial charge in [-0.15, -0.1) is 0 Å². The van der Waals surface area contributed by atoms with Crippen molar-refractivity contribution in [1.82, 2.24) is 0 Å². The van der Waals surface area contributed by atoms with Crippen molar-refractivity contribution in [3.63, 3.8) is 0 Å². The molecular formula is C14H28O. The predicted octanol–water partition coefficient (Wildman–Crippen LogP) is 3.86. The highest BCUT2D eigenvalue weighted by Gasteiger charge is 2.41. The fourth-order valence-corrected chi connectivity index (χ4v) is 2.37. The molecule has 2 unspecified atom stereocenters. The van der Waals surface area contributed by atoms with Crippen LogP contribution in [0.2, 0.25) is 0 Å². The zero-order valence-electron chi connectivity index (χ0n) is 11.3. The minimum absolute atomic E-state index is 0.0794. The van der Waals surface area contributed by atoms with Gasteiger partial charge in [-0.25, -0.2) is 0 Å². The average molecular weight is 212 g/mol. The molecule has 0 radical (unpaired) electrons. The van der Waals surface area contributed by atoms with E-state index in [-0.39, 0.29) is 11.5 Å². The highest BCUT2D eigenvalue weighted by Crippen LogP contribution is 2.45. The molecule has 0 aliphatic heterocycles. The summed E-state index contributed by atoms with van der Waals surface area (Å²) in [5.41, 5.74) is 0.531. The second kappa shape index (κ2) is 4.08. The minimum Gasteiger partial charge on any atom is -0.393 e. The first kappa shape index (κ1) is 13.0. The monoisotopic (exact) mass is 212 g/mol. The van der Waals surface area contributed by atoms with Crippen LogP contribution in [0.1, 0.15) is 60.8 Å². The molecule has 0 amide bonds. The molecular weight excluding hydrogens is 184 g/mol. The third kappa shape index (κ3) is 4.14. The van der Waals surface area contributed by atoms with Crippen LogP contribution in [0.15, 0.2) is 0 Å². The van der Waals surface area contributed by atoms with Gasteiger partial charge < -0.3 is 5.11 Å². The van der Waals surface area contributed by atoms with Gasteiger partial charge in [0.05, 0.1) is 6.10 Å².